The molecule has 3 rings (SSSR count). The first-order valence-corrected chi connectivity index (χ1v) is 6.68. The molecule has 1 fully saturated rings. The summed E-state index contributed by atoms with van der Waals surface area (Å²) in [6.45, 7) is 4.76. The Bertz CT molecular complexity index is 425. The van der Waals surface area contributed by atoms with E-state index in [2.05, 4.69) is 23.1 Å². The molecular formula is C15H21NO. The van der Waals surface area contributed by atoms with Gasteiger partial charge in [-0.2, -0.15) is 0 Å². The summed E-state index contributed by atoms with van der Waals surface area (Å²) in [5.41, 5.74) is 4.02. The highest BCUT2D eigenvalue weighted by Crippen LogP contribution is 2.25. The molecule has 2 nitrogen and oxygen atoms in total. The average molecular weight is 231 g/mol. The van der Waals surface area contributed by atoms with E-state index in [1.807, 2.05) is 6.92 Å². The van der Waals surface area contributed by atoms with E-state index in [1.165, 1.54) is 24.8 Å². The van der Waals surface area contributed by atoms with Crippen LogP contribution >= 0.6 is 0 Å². The number of hydrogen-bond donors (Lipinski definition) is 1. The lowest BCUT2D eigenvalue weighted by molar-refractivity contribution is 0.0679. The number of aliphatic hydroxyl groups is 1. The second-order valence-corrected chi connectivity index (χ2v) is 5.91. The molecule has 1 atom stereocenters. The topological polar surface area (TPSA) is 23.5 Å². The van der Waals surface area contributed by atoms with Gasteiger partial charge < -0.3 is 5.11 Å². The quantitative estimate of drug-likeness (QED) is 0.843. The van der Waals surface area contributed by atoms with Crippen LogP contribution in [0.1, 0.15) is 36.5 Å². The van der Waals surface area contributed by atoms with E-state index >= 15 is 0 Å². The molecule has 0 aromatic heterocycles. The van der Waals surface area contributed by atoms with Gasteiger partial charge in [-0.25, -0.2) is 0 Å². The van der Waals surface area contributed by atoms with Gasteiger partial charge in [0.15, 0.2) is 0 Å². The van der Waals surface area contributed by atoms with Crippen LogP contribution in [0.25, 0.3) is 0 Å². The second kappa shape index (κ2) is 4.11. The zero-order valence-corrected chi connectivity index (χ0v) is 10.6. The third kappa shape index (κ3) is 2.38. The van der Waals surface area contributed by atoms with Gasteiger partial charge in [0.2, 0.25) is 0 Å². The molecule has 2 heteroatoms. The minimum Gasteiger partial charge on any atom is -0.389 e. The summed E-state index contributed by atoms with van der Waals surface area (Å²) in [6, 6.07) is 6.93. The predicted octanol–water partition coefficient (Wildman–Crippen LogP) is 2.13. The highest BCUT2D eigenvalue weighted by molar-refractivity contribution is 5.35. The smallest absolute Gasteiger partial charge is 0.0758 e. The largest absolute Gasteiger partial charge is 0.389 e. The number of nitrogens with zero attached hydrogens (tertiary/aromatic N) is 1. The van der Waals surface area contributed by atoms with Gasteiger partial charge in [-0.1, -0.05) is 18.2 Å². The zero-order valence-electron chi connectivity index (χ0n) is 10.6. The number of hydrogen-bond acceptors (Lipinski definition) is 2. The van der Waals surface area contributed by atoms with Crippen LogP contribution in [0.3, 0.4) is 0 Å². The lowest BCUT2D eigenvalue weighted by Crippen LogP contribution is -2.29. The molecule has 2 aliphatic rings. The van der Waals surface area contributed by atoms with Crippen LogP contribution in [0.15, 0.2) is 18.2 Å². The van der Waals surface area contributed by atoms with Crippen LogP contribution in [-0.4, -0.2) is 28.7 Å². The first kappa shape index (κ1) is 11.2. The minimum atomic E-state index is -0.475. The molecule has 1 saturated heterocycles. The number of likely N-dealkylation sites (tertiary alicyclic amines) is 1. The summed E-state index contributed by atoms with van der Waals surface area (Å²) in [5, 5.41) is 9.96. The molecule has 1 aromatic rings. The van der Waals surface area contributed by atoms with Gasteiger partial charge in [0, 0.05) is 19.6 Å². The van der Waals surface area contributed by atoms with Crippen LogP contribution in [0, 0.1) is 0 Å². The van der Waals surface area contributed by atoms with Gasteiger partial charge >= 0.3 is 0 Å². The SMILES string of the molecule is CC1(O)CCN(Cc2ccc3c(c2)CCC3)C1. The Labute approximate surface area is 103 Å². The van der Waals surface area contributed by atoms with E-state index in [4.69, 9.17) is 0 Å². The van der Waals surface area contributed by atoms with Crippen molar-refractivity contribution in [2.24, 2.45) is 0 Å². The van der Waals surface area contributed by atoms with E-state index in [0.29, 0.717) is 0 Å². The third-order valence-corrected chi connectivity index (χ3v) is 4.10. The Kier molecular flexibility index (Phi) is 2.72. The number of fused-ring (bicyclic) bond motifs is 1. The van der Waals surface area contributed by atoms with Crippen molar-refractivity contribution in [1.82, 2.24) is 4.90 Å². The summed E-state index contributed by atoms with van der Waals surface area (Å²) >= 11 is 0. The van der Waals surface area contributed by atoms with Crippen molar-refractivity contribution in [3.63, 3.8) is 0 Å². The lowest BCUT2D eigenvalue weighted by atomic mass is 10.1. The van der Waals surface area contributed by atoms with E-state index in [9.17, 15) is 5.11 Å². The minimum absolute atomic E-state index is 0.475. The highest BCUT2D eigenvalue weighted by Gasteiger charge is 2.31. The lowest BCUT2D eigenvalue weighted by Gasteiger charge is -2.19. The molecule has 0 bridgehead atoms. The molecule has 1 aliphatic carbocycles. The van der Waals surface area contributed by atoms with Crippen LogP contribution in [-0.2, 0) is 19.4 Å². The molecule has 1 aliphatic heterocycles. The second-order valence-electron chi connectivity index (χ2n) is 5.91. The maximum absolute atomic E-state index is 9.96. The Morgan fingerprint density at radius 1 is 1.29 bits per heavy atom. The maximum atomic E-state index is 9.96. The first-order chi connectivity index (χ1) is 8.12. The normalized spacial score (nSPS) is 28.6. The molecular weight excluding hydrogens is 210 g/mol. The van der Waals surface area contributed by atoms with E-state index in [0.717, 1.165) is 26.1 Å². The average Bonchev–Trinajstić information content (AvgIpc) is 2.84. The van der Waals surface area contributed by atoms with Gasteiger partial charge in [0.25, 0.3) is 0 Å². The Hall–Kier alpha value is -0.860. The summed E-state index contributed by atoms with van der Waals surface area (Å²) < 4.78 is 0. The van der Waals surface area contributed by atoms with Crippen molar-refractivity contribution in [3.05, 3.63) is 34.9 Å². The first-order valence-electron chi connectivity index (χ1n) is 6.68. The number of aryl methyl sites for hydroxylation is 2. The highest BCUT2D eigenvalue weighted by atomic mass is 16.3. The van der Waals surface area contributed by atoms with Gasteiger partial charge in [-0.15, -0.1) is 0 Å². The summed E-state index contributed by atoms with van der Waals surface area (Å²) in [5.74, 6) is 0. The van der Waals surface area contributed by atoms with Crippen molar-refractivity contribution < 1.29 is 5.11 Å². The molecule has 92 valence electrons. The summed E-state index contributed by atoms with van der Waals surface area (Å²) in [7, 11) is 0. The molecule has 0 saturated carbocycles. The number of benzene rings is 1. The van der Waals surface area contributed by atoms with Gasteiger partial charge in [-0.3, -0.25) is 4.90 Å². The summed E-state index contributed by atoms with van der Waals surface area (Å²) in [4.78, 5) is 2.36. The Morgan fingerprint density at radius 2 is 2.12 bits per heavy atom. The molecule has 0 spiro atoms. The van der Waals surface area contributed by atoms with Crippen molar-refractivity contribution >= 4 is 0 Å². The fourth-order valence-electron chi connectivity index (χ4n) is 3.16. The zero-order chi connectivity index (χ0) is 11.9. The third-order valence-electron chi connectivity index (χ3n) is 4.10. The van der Waals surface area contributed by atoms with Gasteiger partial charge in [-0.05, 0) is 49.3 Å². The fraction of sp³-hybridized carbons (Fsp3) is 0.600. The van der Waals surface area contributed by atoms with E-state index in [-0.39, 0.29) is 0 Å². The molecule has 1 aromatic carbocycles. The molecule has 1 heterocycles. The Morgan fingerprint density at radius 3 is 2.88 bits per heavy atom. The molecule has 1 unspecified atom stereocenters. The van der Waals surface area contributed by atoms with Crippen molar-refractivity contribution in [2.45, 2.75) is 44.8 Å². The molecule has 17 heavy (non-hydrogen) atoms. The van der Waals surface area contributed by atoms with Crippen molar-refractivity contribution in [2.75, 3.05) is 13.1 Å². The monoisotopic (exact) mass is 231 g/mol. The van der Waals surface area contributed by atoms with Crippen LogP contribution in [0.5, 0.6) is 0 Å². The van der Waals surface area contributed by atoms with Crippen molar-refractivity contribution in [1.29, 1.82) is 0 Å². The van der Waals surface area contributed by atoms with Gasteiger partial charge in [0.05, 0.1) is 5.60 Å². The van der Waals surface area contributed by atoms with E-state index < -0.39 is 5.60 Å². The van der Waals surface area contributed by atoms with Crippen LogP contribution in [0.2, 0.25) is 0 Å². The van der Waals surface area contributed by atoms with Crippen LogP contribution < -0.4 is 0 Å². The van der Waals surface area contributed by atoms with Crippen molar-refractivity contribution in [3.8, 4) is 0 Å². The fourth-order valence-corrected chi connectivity index (χ4v) is 3.16. The standard InChI is InChI=1S/C15H21NO/c1-15(17)7-8-16(11-15)10-12-5-6-13-3-2-4-14(13)9-12/h5-6,9,17H,2-4,7-8,10-11H2,1H3. The van der Waals surface area contributed by atoms with E-state index in [1.54, 1.807) is 11.1 Å². The molecule has 0 amide bonds. The predicted molar refractivity (Wildman–Crippen MR) is 69.0 cm³/mol. The number of rotatable bonds is 2. The summed E-state index contributed by atoms with van der Waals surface area (Å²) in [6.07, 6.45) is 4.73. The Balaban J connectivity index is 1.70. The number of β-amino-alcohol motifs (C(OH)–C–C–N with tert-alkyl or cyclic N) is 1. The molecule has 1 N–H and O–H groups in total. The molecule has 0 radical (unpaired) electrons. The van der Waals surface area contributed by atoms with Crippen LogP contribution in [0.4, 0.5) is 0 Å². The maximum Gasteiger partial charge on any atom is 0.0758 e. The van der Waals surface area contributed by atoms with Gasteiger partial charge in [0.1, 0.15) is 0 Å².